The molecule has 6 heteroatoms. The van der Waals surface area contributed by atoms with Crippen LogP contribution in [0.3, 0.4) is 0 Å². The Morgan fingerprint density at radius 3 is 2.60 bits per heavy atom. The molecule has 1 rings (SSSR count). The molecule has 0 radical (unpaired) electrons. The van der Waals surface area contributed by atoms with Gasteiger partial charge in [-0.2, -0.15) is 0 Å². The normalized spacial score (nSPS) is 17.1. The van der Waals surface area contributed by atoms with Crippen molar-refractivity contribution in [3.63, 3.8) is 0 Å². The number of nitrogens with one attached hydrogen (secondary N) is 2. The van der Waals surface area contributed by atoms with Crippen LogP contribution < -0.4 is 10.6 Å². The fourth-order valence-corrected chi connectivity index (χ4v) is 2.46. The van der Waals surface area contributed by atoms with Crippen LogP contribution in [0.15, 0.2) is 4.99 Å². The molecule has 1 atom stereocenters. The summed E-state index contributed by atoms with van der Waals surface area (Å²) in [4.78, 5) is 18.0. The average Bonchev–Trinajstić information content (AvgIpc) is 2.79. The predicted octanol–water partition coefficient (Wildman–Crippen LogP) is 1.97. The first-order valence-electron chi connectivity index (χ1n) is 7.35. The summed E-state index contributed by atoms with van der Waals surface area (Å²) in [6.07, 6.45) is 3.73. The molecule has 0 bridgehead atoms. The second-order valence-electron chi connectivity index (χ2n) is 5.34. The van der Waals surface area contributed by atoms with Crippen molar-refractivity contribution in [2.24, 2.45) is 4.99 Å². The molecular weight excluding hydrogens is 367 g/mol. The van der Waals surface area contributed by atoms with Crippen molar-refractivity contribution in [2.45, 2.75) is 58.5 Å². The predicted molar refractivity (Wildman–Crippen MR) is 94.7 cm³/mol. The number of rotatable bonds is 6. The number of aliphatic imine (C=N–C) groups is 1. The molecule has 2 N–H and O–H groups in total. The van der Waals surface area contributed by atoms with Gasteiger partial charge in [0.05, 0.1) is 0 Å². The van der Waals surface area contributed by atoms with Crippen molar-refractivity contribution in [3.05, 3.63) is 0 Å². The van der Waals surface area contributed by atoms with E-state index in [0.717, 1.165) is 44.7 Å². The zero-order valence-electron chi connectivity index (χ0n) is 13.1. The van der Waals surface area contributed by atoms with Crippen LogP contribution in [0.25, 0.3) is 0 Å². The molecule has 5 nitrogen and oxygen atoms in total. The van der Waals surface area contributed by atoms with Gasteiger partial charge in [0.1, 0.15) is 0 Å². The number of guanidine groups is 1. The Morgan fingerprint density at radius 1 is 1.45 bits per heavy atom. The molecular formula is C14H29IN4O. The first kappa shape index (κ1) is 19.5. The first-order chi connectivity index (χ1) is 9.08. The minimum absolute atomic E-state index is 0. The summed E-state index contributed by atoms with van der Waals surface area (Å²) in [5, 5.41) is 6.56. The summed E-state index contributed by atoms with van der Waals surface area (Å²) < 4.78 is 0. The highest BCUT2D eigenvalue weighted by molar-refractivity contribution is 14.0. The molecule has 0 aromatic rings. The van der Waals surface area contributed by atoms with E-state index in [9.17, 15) is 4.79 Å². The summed E-state index contributed by atoms with van der Waals surface area (Å²) in [6.45, 7) is 8.09. The average molecular weight is 396 g/mol. The molecule has 0 spiro atoms. The molecule has 1 heterocycles. The highest BCUT2D eigenvalue weighted by atomic mass is 127. The third-order valence-corrected chi connectivity index (χ3v) is 3.44. The molecule has 118 valence electrons. The van der Waals surface area contributed by atoms with Gasteiger partial charge in [-0.15, -0.1) is 24.0 Å². The van der Waals surface area contributed by atoms with E-state index in [-0.39, 0.29) is 24.0 Å². The molecule has 1 amide bonds. The number of likely N-dealkylation sites (tertiary alicyclic amines) is 1. The van der Waals surface area contributed by atoms with Gasteiger partial charge in [-0.25, -0.2) is 0 Å². The van der Waals surface area contributed by atoms with Gasteiger partial charge in [0.2, 0.25) is 5.91 Å². The third kappa shape index (κ3) is 6.28. The van der Waals surface area contributed by atoms with Gasteiger partial charge >= 0.3 is 0 Å². The highest BCUT2D eigenvalue weighted by Crippen LogP contribution is 2.17. The number of hydrogen-bond acceptors (Lipinski definition) is 2. The third-order valence-electron chi connectivity index (χ3n) is 3.44. The maximum Gasteiger partial charge on any atom is 0.222 e. The zero-order valence-corrected chi connectivity index (χ0v) is 15.4. The highest BCUT2D eigenvalue weighted by Gasteiger charge is 2.26. The van der Waals surface area contributed by atoms with Crippen LogP contribution in [0.4, 0.5) is 0 Å². The fourth-order valence-electron chi connectivity index (χ4n) is 2.46. The molecule has 20 heavy (non-hydrogen) atoms. The minimum atomic E-state index is 0. The maximum absolute atomic E-state index is 11.7. The van der Waals surface area contributed by atoms with Crippen molar-refractivity contribution in [3.8, 4) is 0 Å². The van der Waals surface area contributed by atoms with Crippen molar-refractivity contribution in [1.29, 1.82) is 0 Å². The van der Waals surface area contributed by atoms with E-state index in [1.807, 2.05) is 4.90 Å². The molecule has 0 aromatic carbocycles. The van der Waals surface area contributed by atoms with Crippen molar-refractivity contribution >= 4 is 35.8 Å². The summed E-state index contributed by atoms with van der Waals surface area (Å²) in [7, 11) is 1.78. The Morgan fingerprint density at radius 2 is 2.15 bits per heavy atom. The summed E-state index contributed by atoms with van der Waals surface area (Å²) in [5.74, 6) is 1.15. The number of nitrogens with zero attached hydrogens (tertiary/aromatic N) is 2. The number of hydrogen-bond donors (Lipinski definition) is 2. The van der Waals surface area contributed by atoms with Gasteiger partial charge in [0.25, 0.3) is 0 Å². The van der Waals surface area contributed by atoms with Crippen LogP contribution >= 0.6 is 24.0 Å². The van der Waals surface area contributed by atoms with E-state index < -0.39 is 0 Å². The van der Waals surface area contributed by atoms with Gasteiger partial charge in [0.15, 0.2) is 5.96 Å². The quantitative estimate of drug-likeness (QED) is 0.410. The molecule has 1 saturated heterocycles. The Kier molecular flexibility index (Phi) is 9.96. The number of carbonyl (C=O) groups excluding carboxylic acids is 1. The van der Waals surface area contributed by atoms with Crippen LogP contribution in [0.1, 0.15) is 46.5 Å². The topological polar surface area (TPSA) is 56.7 Å². The van der Waals surface area contributed by atoms with E-state index in [0.29, 0.717) is 18.0 Å². The van der Waals surface area contributed by atoms with Gasteiger partial charge in [-0.3, -0.25) is 9.79 Å². The summed E-state index contributed by atoms with van der Waals surface area (Å²) >= 11 is 0. The minimum Gasteiger partial charge on any atom is -0.356 e. The second-order valence-corrected chi connectivity index (χ2v) is 5.34. The lowest BCUT2D eigenvalue weighted by Gasteiger charge is -2.27. The zero-order chi connectivity index (χ0) is 14.3. The van der Waals surface area contributed by atoms with Crippen molar-refractivity contribution in [2.75, 3.05) is 20.1 Å². The monoisotopic (exact) mass is 396 g/mol. The Hall–Kier alpha value is -0.530. The lowest BCUT2D eigenvalue weighted by molar-refractivity contribution is -0.129. The van der Waals surface area contributed by atoms with E-state index in [1.54, 1.807) is 7.05 Å². The number of carbonyl (C=O) groups is 1. The van der Waals surface area contributed by atoms with Gasteiger partial charge < -0.3 is 15.5 Å². The van der Waals surface area contributed by atoms with E-state index in [1.165, 1.54) is 0 Å². The van der Waals surface area contributed by atoms with Crippen molar-refractivity contribution < 1.29 is 4.79 Å². The smallest absolute Gasteiger partial charge is 0.222 e. The molecule has 0 saturated carbocycles. The molecule has 0 aliphatic carbocycles. The lowest BCUT2D eigenvalue weighted by Crippen LogP contribution is -2.43. The number of halogens is 1. The van der Waals surface area contributed by atoms with Crippen LogP contribution in [-0.4, -0.2) is 49.0 Å². The molecule has 1 unspecified atom stereocenters. The van der Waals surface area contributed by atoms with E-state index in [2.05, 4.69) is 36.4 Å². The van der Waals surface area contributed by atoms with Crippen molar-refractivity contribution in [1.82, 2.24) is 15.5 Å². The maximum atomic E-state index is 11.7. The molecule has 0 aromatic heterocycles. The van der Waals surface area contributed by atoms with Gasteiger partial charge in [-0.1, -0.05) is 6.92 Å². The SMILES string of the molecule is CCC(CCNC(=NC)NC(C)C)N1CCCC1=O.I. The van der Waals surface area contributed by atoms with Crippen LogP contribution in [-0.2, 0) is 4.79 Å². The van der Waals surface area contributed by atoms with Gasteiger partial charge in [-0.05, 0) is 33.1 Å². The lowest BCUT2D eigenvalue weighted by atomic mass is 10.1. The Balaban J connectivity index is 0.00000361. The van der Waals surface area contributed by atoms with Crippen LogP contribution in [0.5, 0.6) is 0 Å². The second kappa shape index (κ2) is 10.2. The molecule has 1 aliphatic rings. The Bertz CT molecular complexity index is 320. The van der Waals surface area contributed by atoms with Crippen LogP contribution in [0, 0.1) is 0 Å². The van der Waals surface area contributed by atoms with E-state index in [4.69, 9.17) is 0 Å². The largest absolute Gasteiger partial charge is 0.356 e. The summed E-state index contributed by atoms with van der Waals surface area (Å²) in [6, 6.07) is 0.730. The Labute approximate surface area is 140 Å². The van der Waals surface area contributed by atoms with Gasteiger partial charge in [0, 0.05) is 38.6 Å². The van der Waals surface area contributed by atoms with Crippen LogP contribution in [0.2, 0.25) is 0 Å². The molecule has 1 aliphatic heterocycles. The molecule has 1 fully saturated rings. The number of amides is 1. The first-order valence-corrected chi connectivity index (χ1v) is 7.35. The summed E-state index contributed by atoms with van der Waals surface area (Å²) in [5.41, 5.74) is 0. The fraction of sp³-hybridized carbons (Fsp3) is 0.857. The standard InChI is InChI=1S/C14H28N4O.HI/c1-5-12(18-10-6-7-13(18)19)8-9-16-14(15-4)17-11(2)3;/h11-12H,5-10H2,1-4H3,(H2,15,16,17);1H. The van der Waals surface area contributed by atoms with E-state index >= 15 is 0 Å².